The normalized spacial score (nSPS) is 12.0. The molecule has 1 aliphatic heterocycles. The molecule has 0 aromatic heterocycles. The second kappa shape index (κ2) is 12.6. The summed E-state index contributed by atoms with van der Waals surface area (Å²) in [5.74, 6) is -1.05. The number of carboxylic acids is 1. The number of carbonyl (C=O) groups excluding carboxylic acids is 1. The Bertz CT molecular complexity index is 1700. The van der Waals surface area contributed by atoms with E-state index in [4.69, 9.17) is 14.6 Å². The van der Waals surface area contributed by atoms with Gasteiger partial charge in [-0.05, 0) is 80.5 Å². The van der Waals surface area contributed by atoms with Crippen LogP contribution >= 0.6 is 0 Å². The molecule has 0 saturated carbocycles. The first kappa shape index (κ1) is 30.6. The summed E-state index contributed by atoms with van der Waals surface area (Å²) in [5, 5.41) is 20.4. The van der Waals surface area contributed by atoms with Crippen molar-refractivity contribution in [1.82, 2.24) is 0 Å². The maximum Gasteiger partial charge on any atom is 0.336 e. The van der Waals surface area contributed by atoms with Crippen molar-refractivity contribution in [2.45, 2.75) is 66.9 Å². The minimum Gasteiger partial charge on any atom is -0.478 e. The van der Waals surface area contributed by atoms with Crippen LogP contribution in [0.1, 0.15) is 81.1 Å². The van der Waals surface area contributed by atoms with Crippen molar-refractivity contribution < 1.29 is 23.8 Å². The third kappa shape index (κ3) is 5.56. The van der Waals surface area contributed by atoms with Crippen LogP contribution in [0.2, 0.25) is 0 Å². The average Bonchev–Trinajstić information content (AvgIpc) is 2.98. The number of benzene rings is 3. The van der Waals surface area contributed by atoms with E-state index < -0.39 is 18.0 Å². The van der Waals surface area contributed by atoms with Crippen LogP contribution in [0, 0.1) is 5.41 Å². The molecule has 7 nitrogen and oxygen atoms in total. The van der Waals surface area contributed by atoms with E-state index in [9.17, 15) is 14.7 Å². The van der Waals surface area contributed by atoms with Crippen LogP contribution in [0.15, 0.2) is 59.0 Å². The number of carboxylic acid groups (broad SMARTS) is 1. The number of fused-ring (bicyclic) bond motifs is 2. The van der Waals surface area contributed by atoms with Gasteiger partial charge in [0.15, 0.2) is 0 Å². The van der Waals surface area contributed by atoms with Crippen molar-refractivity contribution in [3.05, 3.63) is 82.2 Å². The smallest absolute Gasteiger partial charge is 0.336 e. The predicted octanol–water partition coefficient (Wildman–Crippen LogP) is 7.92. The molecule has 4 rings (SSSR count). The summed E-state index contributed by atoms with van der Waals surface area (Å²) in [6.07, 6.45) is 1.20. The standard InChI is InChI=1S/C35H40N2O5/c1-8-23-24(9-2)33-31(19-28(23)36)41-30-18-22(37(11-4)12-5)14-16-26(30)32(33)25-15-13-21(17-27(25)34(38)39)29(10-3)42-35(40)20(6)7/h13-19,29,36H,6,8-12H2,1-5,7H3,(H,38,39). The van der Waals surface area contributed by atoms with Gasteiger partial charge in [0.05, 0.1) is 10.9 Å². The molecule has 0 amide bonds. The quantitative estimate of drug-likeness (QED) is 0.108. The molecule has 0 spiro atoms. The van der Waals surface area contributed by atoms with Gasteiger partial charge in [-0.3, -0.25) is 0 Å². The molecule has 2 aromatic rings. The lowest BCUT2D eigenvalue weighted by Crippen LogP contribution is -2.21. The van der Waals surface area contributed by atoms with Gasteiger partial charge in [-0.25, -0.2) is 9.59 Å². The molecule has 2 aliphatic rings. The molecule has 42 heavy (non-hydrogen) atoms. The number of hydrogen-bond donors (Lipinski definition) is 2. The molecule has 2 aromatic carbocycles. The predicted molar refractivity (Wildman–Crippen MR) is 167 cm³/mol. The van der Waals surface area contributed by atoms with E-state index in [1.807, 2.05) is 51.1 Å². The first-order valence-corrected chi connectivity index (χ1v) is 14.7. The van der Waals surface area contributed by atoms with Gasteiger partial charge in [0, 0.05) is 53.0 Å². The molecule has 0 radical (unpaired) electrons. The van der Waals surface area contributed by atoms with Crippen LogP contribution in [0.4, 0.5) is 5.69 Å². The second-order valence-corrected chi connectivity index (χ2v) is 10.5. The summed E-state index contributed by atoms with van der Waals surface area (Å²) in [5.41, 5.74) is 6.65. The molecule has 7 heteroatoms. The van der Waals surface area contributed by atoms with Crippen LogP contribution in [-0.2, 0) is 22.4 Å². The van der Waals surface area contributed by atoms with Gasteiger partial charge in [-0.15, -0.1) is 0 Å². The fourth-order valence-corrected chi connectivity index (χ4v) is 5.80. The minimum atomic E-state index is -1.08. The first-order valence-electron chi connectivity index (χ1n) is 14.7. The Balaban J connectivity index is 2.11. The number of nitrogens with zero attached hydrogens (tertiary/aromatic N) is 1. The topological polar surface area (TPSA) is 104 Å². The Hall–Kier alpha value is -4.39. The van der Waals surface area contributed by atoms with Gasteiger partial charge in [0.1, 0.15) is 17.4 Å². The summed E-state index contributed by atoms with van der Waals surface area (Å²) < 4.78 is 12.1. The van der Waals surface area contributed by atoms with Crippen LogP contribution in [0.25, 0.3) is 33.4 Å². The van der Waals surface area contributed by atoms with Gasteiger partial charge in [-0.1, -0.05) is 39.5 Å². The van der Waals surface area contributed by atoms with Crippen molar-refractivity contribution in [3.63, 3.8) is 0 Å². The second-order valence-electron chi connectivity index (χ2n) is 10.5. The van der Waals surface area contributed by atoms with E-state index in [0.717, 1.165) is 46.4 Å². The Morgan fingerprint density at radius 1 is 0.976 bits per heavy atom. The van der Waals surface area contributed by atoms with E-state index in [1.165, 1.54) is 0 Å². The monoisotopic (exact) mass is 568 g/mol. The van der Waals surface area contributed by atoms with E-state index in [1.54, 1.807) is 19.1 Å². The lowest BCUT2D eigenvalue weighted by molar-refractivity contribution is -0.144. The van der Waals surface area contributed by atoms with Crippen molar-refractivity contribution >= 4 is 28.6 Å². The fourth-order valence-electron chi connectivity index (χ4n) is 5.80. The third-order valence-corrected chi connectivity index (χ3v) is 7.94. The number of aromatic carboxylic acids is 1. The lowest BCUT2D eigenvalue weighted by atomic mass is 9.84. The number of ether oxygens (including phenoxy) is 1. The molecule has 0 bridgehead atoms. The number of anilines is 1. The van der Waals surface area contributed by atoms with Gasteiger partial charge in [0.2, 0.25) is 0 Å². The number of rotatable bonds is 11. The van der Waals surface area contributed by atoms with Crippen LogP contribution in [0.3, 0.4) is 0 Å². The zero-order valence-corrected chi connectivity index (χ0v) is 25.4. The molecule has 1 unspecified atom stereocenters. The molecule has 0 saturated heterocycles. The summed E-state index contributed by atoms with van der Waals surface area (Å²) in [6.45, 7) is 17.1. The maximum absolute atomic E-state index is 12.8. The minimum absolute atomic E-state index is 0.106. The maximum atomic E-state index is 12.8. The third-order valence-electron chi connectivity index (χ3n) is 7.94. The molecular weight excluding hydrogens is 528 g/mol. The Kier molecular flexibility index (Phi) is 9.20. The van der Waals surface area contributed by atoms with E-state index in [2.05, 4.69) is 25.3 Å². The van der Waals surface area contributed by atoms with E-state index in [-0.39, 0.29) is 11.1 Å². The number of esters is 1. The Morgan fingerprint density at radius 3 is 2.24 bits per heavy atom. The average molecular weight is 569 g/mol. The van der Waals surface area contributed by atoms with Crippen molar-refractivity contribution in [2.75, 3.05) is 18.0 Å². The lowest BCUT2D eigenvalue weighted by Gasteiger charge is -2.25. The molecule has 1 heterocycles. The van der Waals surface area contributed by atoms with Crippen molar-refractivity contribution in [2.24, 2.45) is 0 Å². The summed E-state index contributed by atoms with van der Waals surface area (Å²) >= 11 is 0. The molecule has 0 fully saturated rings. The first-order chi connectivity index (χ1) is 20.1. The van der Waals surface area contributed by atoms with Gasteiger partial charge in [0.25, 0.3) is 0 Å². The Morgan fingerprint density at radius 2 is 1.67 bits per heavy atom. The van der Waals surface area contributed by atoms with Gasteiger partial charge < -0.3 is 24.6 Å². The largest absolute Gasteiger partial charge is 0.478 e. The van der Waals surface area contributed by atoms with Crippen LogP contribution in [0.5, 0.6) is 0 Å². The molecule has 1 atom stereocenters. The van der Waals surface area contributed by atoms with Crippen molar-refractivity contribution in [1.29, 1.82) is 5.41 Å². The molecular formula is C35H40N2O5. The molecule has 220 valence electrons. The van der Waals surface area contributed by atoms with E-state index in [0.29, 0.717) is 47.1 Å². The SMILES string of the molecule is C=C(C)C(=O)OC(CC)c1ccc(-c2c3c(CC)c(CC)c(=N)cc-3oc3cc(N(CC)CC)ccc23)c(C(=O)O)c1. The zero-order valence-electron chi connectivity index (χ0n) is 25.4. The number of hydrogen-bond acceptors (Lipinski definition) is 6. The summed E-state index contributed by atoms with van der Waals surface area (Å²) in [4.78, 5) is 27.4. The van der Waals surface area contributed by atoms with Gasteiger partial charge >= 0.3 is 11.9 Å². The highest BCUT2D eigenvalue weighted by molar-refractivity contribution is 6.08. The summed E-state index contributed by atoms with van der Waals surface area (Å²) in [7, 11) is 0. The zero-order chi connectivity index (χ0) is 30.7. The highest BCUT2D eigenvalue weighted by atomic mass is 16.5. The molecule has 1 aliphatic carbocycles. The van der Waals surface area contributed by atoms with Crippen LogP contribution < -0.4 is 10.3 Å². The fraction of sp³-hybridized carbons (Fsp3) is 0.343. The van der Waals surface area contributed by atoms with Gasteiger partial charge in [-0.2, -0.15) is 0 Å². The molecule has 2 N–H and O–H groups in total. The highest BCUT2D eigenvalue weighted by Gasteiger charge is 2.27. The number of carbonyl (C=O) groups is 2. The summed E-state index contributed by atoms with van der Waals surface area (Å²) in [6, 6.07) is 13.0. The number of nitrogens with one attached hydrogen (secondary N) is 1. The van der Waals surface area contributed by atoms with Crippen molar-refractivity contribution in [3.8, 4) is 22.5 Å². The highest BCUT2D eigenvalue weighted by Crippen LogP contribution is 2.45. The van der Waals surface area contributed by atoms with E-state index >= 15 is 0 Å². The Labute approximate surface area is 247 Å². The van der Waals surface area contributed by atoms with Crippen LogP contribution in [-0.4, -0.2) is 30.1 Å².